The average Bonchev–Trinajstić information content (AvgIpc) is 2.34. The summed E-state index contributed by atoms with van der Waals surface area (Å²) in [4.78, 5) is 4.10. The Kier molecular flexibility index (Phi) is 4.73. The number of aromatic nitrogens is 1. The van der Waals surface area contributed by atoms with Crippen molar-refractivity contribution in [3.05, 3.63) is 50.5 Å². The molecule has 18 heavy (non-hydrogen) atoms. The molecule has 2 aromatic rings. The lowest BCUT2D eigenvalue weighted by Crippen LogP contribution is -1.91. The van der Waals surface area contributed by atoms with Crippen LogP contribution < -0.4 is 4.74 Å². The van der Waals surface area contributed by atoms with E-state index in [1.54, 1.807) is 24.4 Å². The number of halogens is 4. The summed E-state index contributed by atoms with van der Waals surface area (Å²) < 4.78 is 6.43. The number of rotatable bonds is 3. The number of pyridine rings is 1. The topological polar surface area (TPSA) is 22.1 Å². The van der Waals surface area contributed by atoms with Crippen LogP contribution in [0.15, 0.2) is 34.9 Å². The molecule has 0 radical (unpaired) electrons. The van der Waals surface area contributed by atoms with Gasteiger partial charge < -0.3 is 4.74 Å². The van der Waals surface area contributed by atoms with Crippen molar-refractivity contribution < 1.29 is 4.74 Å². The first kappa shape index (κ1) is 13.9. The third-order valence-corrected chi connectivity index (χ3v) is 3.49. The van der Waals surface area contributed by atoms with Crippen LogP contribution >= 0.6 is 50.7 Å². The van der Waals surface area contributed by atoms with Gasteiger partial charge in [0.25, 0.3) is 0 Å². The lowest BCUT2D eigenvalue weighted by molar-refractivity contribution is 0.463. The molecular weight excluding hydrogens is 360 g/mol. The Bertz CT molecular complexity index is 577. The summed E-state index contributed by atoms with van der Waals surface area (Å²) in [5.74, 6) is 1.15. The molecule has 1 heterocycles. The first-order chi connectivity index (χ1) is 8.60. The van der Waals surface area contributed by atoms with E-state index >= 15 is 0 Å². The minimum absolute atomic E-state index is 0.301. The van der Waals surface area contributed by atoms with Crippen molar-refractivity contribution in [3.8, 4) is 11.6 Å². The lowest BCUT2D eigenvalue weighted by atomic mass is 10.3. The summed E-state index contributed by atoms with van der Waals surface area (Å²) in [5, 5.41) is 0.871. The zero-order valence-electron chi connectivity index (χ0n) is 8.96. The van der Waals surface area contributed by atoms with Crippen molar-refractivity contribution in [3.63, 3.8) is 0 Å². The van der Waals surface area contributed by atoms with Crippen molar-refractivity contribution >= 4 is 50.7 Å². The van der Waals surface area contributed by atoms with Gasteiger partial charge in [-0.2, -0.15) is 0 Å². The monoisotopic (exact) mass is 365 g/mol. The van der Waals surface area contributed by atoms with Crippen LogP contribution in [0, 0.1) is 0 Å². The Morgan fingerprint density at radius 3 is 2.56 bits per heavy atom. The van der Waals surface area contributed by atoms with Gasteiger partial charge in [-0.1, -0.05) is 39.1 Å². The molecule has 0 atom stereocenters. The number of ether oxygens (including phenoxy) is 1. The van der Waals surface area contributed by atoms with Crippen LogP contribution in [0.2, 0.25) is 10.0 Å². The fourth-order valence-corrected chi connectivity index (χ4v) is 2.36. The van der Waals surface area contributed by atoms with Crippen LogP contribution in [-0.2, 0) is 5.88 Å². The highest BCUT2D eigenvalue weighted by Crippen LogP contribution is 2.34. The van der Waals surface area contributed by atoms with Gasteiger partial charge in [0.1, 0.15) is 10.8 Å². The van der Waals surface area contributed by atoms with E-state index in [1.165, 1.54) is 0 Å². The average molecular weight is 367 g/mol. The first-order valence-corrected chi connectivity index (χ1v) is 7.02. The van der Waals surface area contributed by atoms with E-state index in [2.05, 4.69) is 20.9 Å². The van der Waals surface area contributed by atoms with Gasteiger partial charge in [0.2, 0.25) is 5.88 Å². The molecule has 0 aliphatic carbocycles. The maximum atomic E-state index is 6.04. The minimum Gasteiger partial charge on any atom is -0.436 e. The van der Waals surface area contributed by atoms with Crippen molar-refractivity contribution in [2.45, 2.75) is 5.88 Å². The van der Waals surface area contributed by atoms with Gasteiger partial charge in [0, 0.05) is 16.5 Å². The van der Waals surface area contributed by atoms with Crippen molar-refractivity contribution in [2.24, 2.45) is 0 Å². The molecule has 0 unspecified atom stereocenters. The van der Waals surface area contributed by atoms with Crippen molar-refractivity contribution in [1.82, 2.24) is 4.98 Å². The molecule has 0 saturated carbocycles. The quantitative estimate of drug-likeness (QED) is 0.651. The standard InChI is InChI=1S/C12H7BrCl3NO/c13-8-1-2-11(9(15)4-8)18-12-10(16)3-7(5-14)6-17-12/h1-4,6H,5H2. The van der Waals surface area contributed by atoms with Crippen molar-refractivity contribution in [2.75, 3.05) is 0 Å². The first-order valence-electron chi connectivity index (χ1n) is 4.93. The number of alkyl halides is 1. The zero-order valence-corrected chi connectivity index (χ0v) is 12.8. The molecule has 6 heteroatoms. The molecule has 0 bridgehead atoms. The predicted molar refractivity (Wildman–Crippen MR) is 78.0 cm³/mol. The van der Waals surface area contributed by atoms with Gasteiger partial charge in [-0.05, 0) is 29.8 Å². The van der Waals surface area contributed by atoms with E-state index in [9.17, 15) is 0 Å². The molecule has 0 saturated heterocycles. The molecule has 94 valence electrons. The highest BCUT2D eigenvalue weighted by atomic mass is 79.9. The lowest BCUT2D eigenvalue weighted by Gasteiger charge is -2.08. The summed E-state index contributed by atoms with van der Waals surface area (Å²) >= 11 is 21.1. The number of benzene rings is 1. The third-order valence-electron chi connectivity index (χ3n) is 2.12. The summed E-state index contributed by atoms with van der Waals surface area (Å²) in [6.45, 7) is 0. The van der Waals surface area contributed by atoms with Gasteiger partial charge in [0.05, 0.1) is 5.02 Å². The van der Waals surface area contributed by atoms with E-state index in [1.807, 2.05) is 6.07 Å². The van der Waals surface area contributed by atoms with Crippen LogP contribution in [0.1, 0.15) is 5.56 Å². The molecule has 0 spiro atoms. The molecule has 1 aromatic heterocycles. The van der Waals surface area contributed by atoms with Crippen LogP contribution in [0.5, 0.6) is 11.6 Å². The van der Waals surface area contributed by atoms with E-state index in [-0.39, 0.29) is 0 Å². The van der Waals surface area contributed by atoms with Crippen LogP contribution in [0.3, 0.4) is 0 Å². The smallest absolute Gasteiger partial charge is 0.238 e. The molecule has 0 amide bonds. The van der Waals surface area contributed by atoms with E-state index in [4.69, 9.17) is 39.5 Å². The molecular formula is C12H7BrCl3NO. The maximum Gasteiger partial charge on any atom is 0.238 e. The van der Waals surface area contributed by atoms with E-state index < -0.39 is 0 Å². The fraction of sp³-hybridized carbons (Fsp3) is 0.0833. The molecule has 1 aromatic carbocycles. The molecule has 2 rings (SSSR count). The van der Waals surface area contributed by atoms with Gasteiger partial charge in [-0.25, -0.2) is 4.98 Å². The second kappa shape index (κ2) is 6.11. The highest BCUT2D eigenvalue weighted by Gasteiger charge is 2.09. The Balaban J connectivity index is 2.28. The summed E-state index contributed by atoms with van der Waals surface area (Å²) in [6.07, 6.45) is 1.61. The fourth-order valence-electron chi connectivity index (χ4n) is 1.28. The Morgan fingerprint density at radius 2 is 1.94 bits per heavy atom. The second-order valence-electron chi connectivity index (χ2n) is 3.44. The minimum atomic E-state index is 0.301. The normalized spacial score (nSPS) is 10.4. The maximum absolute atomic E-state index is 6.04. The summed E-state index contributed by atoms with van der Waals surface area (Å²) in [7, 11) is 0. The van der Waals surface area contributed by atoms with Gasteiger partial charge >= 0.3 is 0 Å². The molecule has 2 nitrogen and oxygen atoms in total. The Morgan fingerprint density at radius 1 is 1.17 bits per heavy atom. The van der Waals surface area contributed by atoms with Gasteiger partial charge in [-0.3, -0.25) is 0 Å². The Labute approximate surface area is 128 Å². The summed E-state index contributed by atoms with van der Waals surface area (Å²) in [5.41, 5.74) is 0.830. The third kappa shape index (κ3) is 3.29. The molecule has 0 aliphatic heterocycles. The van der Waals surface area contributed by atoms with Gasteiger partial charge in [0.15, 0.2) is 0 Å². The van der Waals surface area contributed by atoms with Crippen molar-refractivity contribution in [1.29, 1.82) is 0 Å². The molecule has 0 aliphatic rings. The van der Waals surface area contributed by atoms with Crippen LogP contribution in [0.4, 0.5) is 0 Å². The highest BCUT2D eigenvalue weighted by molar-refractivity contribution is 9.10. The van der Waals surface area contributed by atoms with E-state index in [0.29, 0.717) is 27.6 Å². The SMILES string of the molecule is ClCc1cnc(Oc2ccc(Br)cc2Cl)c(Cl)c1. The van der Waals surface area contributed by atoms with Crippen LogP contribution in [-0.4, -0.2) is 4.98 Å². The Hall–Kier alpha value is -0.480. The van der Waals surface area contributed by atoms with Crippen LogP contribution in [0.25, 0.3) is 0 Å². The predicted octanol–water partition coefficient (Wildman–Crippen LogP) is 5.68. The second-order valence-corrected chi connectivity index (χ2v) is 5.44. The number of hydrogen-bond acceptors (Lipinski definition) is 2. The zero-order chi connectivity index (χ0) is 13.1. The number of hydrogen-bond donors (Lipinski definition) is 0. The molecule has 0 fully saturated rings. The largest absolute Gasteiger partial charge is 0.436 e. The molecule has 0 N–H and O–H groups in total. The van der Waals surface area contributed by atoms with Gasteiger partial charge in [-0.15, -0.1) is 11.6 Å². The summed E-state index contributed by atoms with van der Waals surface area (Å²) in [6, 6.07) is 7.00. The van der Waals surface area contributed by atoms with E-state index in [0.717, 1.165) is 10.0 Å². The number of nitrogens with zero attached hydrogens (tertiary/aromatic N) is 1.